The molecular formula is C11H7F3N4O4. The van der Waals surface area contributed by atoms with Gasteiger partial charge >= 0.3 is 6.18 Å². The Balaban J connectivity index is 2.51. The smallest absolute Gasteiger partial charge is 0.433 e. The molecule has 0 unspecified atom stereocenters. The summed E-state index contributed by atoms with van der Waals surface area (Å²) in [6, 6.07) is 0. The van der Waals surface area contributed by atoms with Gasteiger partial charge in [-0.1, -0.05) is 5.16 Å². The predicted octanol–water partition coefficient (Wildman–Crippen LogP) is 0.989. The number of hydrogen-bond donors (Lipinski definition) is 3. The molecule has 0 spiro atoms. The zero-order valence-corrected chi connectivity index (χ0v) is 10.5. The molecule has 3 N–H and O–H groups in total. The van der Waals surface area contributed by atoms with Gasteiger partial charge in [-0.25, -0.2) is 9.97 Å². The highest BCUT2D eigenvalue weighted by Gasteiger charge is 2.38. The quantitative estimate of drug-likeness (QED) is 0.335. The van der Waals surface area contributed by atoms with E-state index < -0.39 is 41.0 Å². The van der Waals surface area contributed by atoms with E-state index in [-0.39, 0.29) is 11.2 Å². The first-order chi connectivity index (χ1) is 10.3. The minimum atomic E-state index is -5.05. The topological polar surface area (TPSA) is 129 Å². The summed E-state index contributed by atoms with van der Waals surface area (Å²) in [5.41, 5.74) is -4.22. The summed E-state index contributed by atoms with van der Waals surface area (Å²) in [7, 11) is 0. The van der Waals surface area contributed by atoms with Crippen LogP contribution < -0.4 is 5.56 Å². The molecule has 22 heavy (non-hydrogen) atoms. The fourth-order valence-electron chi connectivity index (χ4n) is 1.69. The van der Waals surface area contributed by atoms with E-state index in [2.05, 4.69) is 15.0 Å². The second-order valence-corrected chi connectivity index (χ2v) is 4.08. The van der Waals surface area contributed by atoms with Crippen molar-refractivity contribution < 1.29 is 28.3 Å². The number of fused-ring (bicyclic) bond motifs is 1. The van der Waals surface area contributed by atoms with E-state index in [1.54, 1.807) is 0 Å². The molecule has 0 aliphatic rings. The van der Waals surface area contributed by atoms with Crippen LogP contribution in [0.4, 0.5) is 13.2 Å². The number of carbonyl (C=O) groups excluding carboxylic acids is 1. The second kappa shape index (κ2) is 5.42. The Morgan fingerprint density at radius 2 is 1.95 bits per heavy atom. The molecule has 0 saturated heterocycles. The van der Waals surface area contributed by atoms with Crippen LogP contribution in [0.15, 0.2) is 22.3 Å². The molecule has 0 aliphatic carbocycles. The first-order valence-electron chi connectivity index (χ1n) is 5.63. The molecule has 0 aromatic carbocycles. The zero-order valence-electron chi connectivity index (χ0n) is 10.5. The Kier molecular flexibility index (Phi) is 3.80. The average molecular weight is 316 g/mol. The summed E-state index contributed by atoms with van der Waals surface area (Å²) < 4.78 is 37.3. The number of Topliss-reactive ketones (excluding diaryl/α,β-unsaturated/α-hetero) is 1. The van der Waals surface area contributed by atoms with Crippen LogP contribution in [0, 0.1) is 0 Å². The minimum absolute atomic E-state index is 0.131. The first-order valence-corrected chi connectivity index (χ1v) is 5.63. The summed E-state index contributed by atoms with van der Waals surface area (Å²) in [5, 5.41) is 20.2. The van der Waals surface area contributed by atoms with Crippen molar-refractivity contribution in [3.8, 4) is 5.75 Å². The Labute approximate surface area is 118 Å². The van der Waals surface area contributed by atoms with Crippen molar-refractivity contribution in [2.45, 2.75) is 12.6 Å². The van der Waals surface area contributed by atoms with Crippen LogP contribution >= 0.6 is 0 Å². The number of alkyl halides is 3. The number of ketones is 1. The van der Waals surface area contributed by atoms with E-state index in [1.165, 1.54) is 6.20 Å². The van der Waals surface area contributed by atoms with E-state index in [0.717, 1.165) is 6.20 Å². The van der Waals surface area contributed by atoms with Crippen LogP contribution in [0.2, 0.25) is 0 Å². The molecule has 2 heterocycles. The number of halogens is 3. The number of aromatic nitrogens is 3. The fourth-order valence-corrected chi connectivity index (χ4v) is 1.69. The van der Waals surface area contributed by atoms with Crippen molar-refractivity contribution >= 4 is 22.7 Å². The van der Waals surface area contributed by atoms with E-state index in [9.17, 15) is 27.9 Å². The molecule has 0 atom stereocenters. The number of H-pyrrole nitrogens is 1. The summed E-state index contributed by atoms with van der Waals surface area (Å²) in [6.07, 6.45) is -4.10. The second-order valence-electron chi connectivity index (χ2n) is 4.08. The Hall–Kier alpha value is -2.98. The lowest BCUT2D eigenvalue weighted by atomic mass is 10.1. The number of aromatic hydroxyl groups is 1. The summed E-state index contributed by atoms with van der Waals surface area (Å²) >= 11 is 0. The molecule has 0 fully saturated rings. The van der Waals surface area contributed by atoms with Gasteiger partial charge in [0.15, 0.2) is 22.9 Å². The maximum absolute atomic E-state index is 12.4. The molecule has 0 bridgehead atoms. The van der Waals surface area contributed by atoms with Gasteiger partial charge in [-0.15, -0.1) is 0 Å². The van der Waals surface area contributed by atoms with Crippen molar-refractivity contribution in [1.29, 1.82) is 0 Å². The molecular weight excluding hydrogens is 309 g/mol. The minimum Gasteiger partial charge on any atom is -0.505 e. The molecule has 8 nitrogen and oxygen atoms in total. The molecule has 0 radical (unpaired) electrons. The van der Waals surface area contributed by atoms with Crippen LogP contribution in [-0.2, 0) is 0 Å². The van der Waals surface area contributed by atoms with Crippen molar-refractivity contribution in [2.75, 3.05) is 0 Å². The van der Waals surface area contributed by atoms with Gasteiger partial charge < -0.3 is 15.3 Å². The molecule has 11 heteroatoms. The third kappa shape index (κ3) is 2.73. The average Bonchev–Trinajstić information content (AvgIpc) is 2.43. The van der Waals surface area contributed by atoms with Crippen LogP contribution in [-0.4, -0.2) is 42.9 Å². The number of hydrogen-bond acceptors (Lipinski definition) is 7. The highest BCUT2D eigenvalue weighted by atomic mass is 19.4. The summed E-state index contributed by atoms with van der Waals surface area (Å²) in [5.74, 6) is -2.27. The lowest BCUT2D eigenvalue weighted by Gasteiger charge is -2.08. The van der Waals surface area contributed by atoms with Crippen LogP contribution in [0.5, 0.6) is 5.75 Å². The number of rotatable bonds is 3. The van der Waals surface area contributed by atoms with E-state index in [0.29, 0.717) is 0 Å². The molecule has 2 rings (SSSR count). The number of nitrogens with one attached hydrogen (secondary N) is 1. The molecule has 2 aromatic heterocycles. The SMILES string of the molecule is O=C(C/C(=N/O)C(F)(F)F)c1c(O)c2nccnc2[nH]c1=O. The first kappa shape index (κ1) is 15.4. The van der Waals surface area contributed by atoms with E-state index in [4.69, 9.17) is 5.21 Å². The third-order valence-corrected chi connectivity index (χ3v) is 2.67. The number of pyridine rings is 1. The van der Waals surface area contributed by atoms with Gasteiger partial charge in [0, 0.05) is 12.4 Å². The van der Waals surface area contributed by atoms with Gasteiger partial charge in [-0.2, -0.15) is 13.2 Å². The number of oxime groups is 1. The summed E-state index contributed by atoms with van der Waals surface area (Å²) in [4.78, 5) is 33.0. The lowest BCUT2D eigenvalue weighted by molar-refractivity contribution is -0.0623. The molecule has 0 amide bonds. The van der Waals surface area contributed by atoms with Gasteiger partial charge in [0.05, 0.1) is 6.42 Å². The number of aromatic amines is 1. The highest BCUT2D eigenvalue weighted by Crippen LogP contribution is 2.25. The van der Waals surface area contributed by atoms with Gasteiger partial charge in [0.1, 0.15) is 11.1 Å². The van der Waals surface area contributed by atoms with Crippen LogP contribution in [0.3, 0.4) is 0 Å². The molecule has 2 aromatic rings. The van der Waals surface area contributed by atoms with Crippen molar-refractivity contribution in [2.24, 2.45) is 5.16 Å². The Bertz CT molecular complexity index is 828. The van der Waals surface area contributed by atoms with Crippen molar-refractivity contribution in [1.82, 2.24) is 15.0 Å². The number of nitrogens with zero attached hydrogens (tertiary/aromatic N) is 3. The molecule has 0 aliphatic heterocycles. The predicted molar refractivity (Wildman–Crippen MR) is 66.0 cm³/mol. The third-order valence-electron chi connectivity index (χ3n) is 2.67. The lowest BCUT2D eigenvalue weighted by Crippen LogP contribution is -2.28. The van der Waals surface area contributed by atoms with E-state index >= 15 is 0 Å². The Morgan fingerprint density at radius 3 is 2.55 bits per heavy atom. The van der Waals surface area contributed by atoms with Gasteiger partial charge in [0.2, 0.25) is 0 Å². The molecule has 0 saturated carbocycles. The zero-order chi connectivity index (χ0) is 16.5. The molecule has 116 valence electrons. The van der Waals surface area contributed by atoms with Crippen molar-refractivity contribution in [3.63, 3.8) is 0 Å². The van der Waals surface area contributed by atoms with Gasteiger partial charge in [-0.05, 0) is 0 Å². The van der Waals surface area contributed by atoms with Gasteiger partial charge in [0.25, 0.3) is 5.56 Å². The Morgan fingerprint density at radius 1 is 1.32 bits per heavy atom. The van der Waals surface area contributed by atoms with Crippen LogP contribution in [0.25, 0.3) is 11.2 Å². The summed E-state index contributed by atoms with van der Waals surface area (Å²) in [6.45, 7) is 0. The standard InChI is InChI=1S/C11H7F3N4O4/c12-11(13,14)5(18-22)3-4(19)6-8(20)7-9(17-10(6)21)16-2-1-15-7/h1-2,22H,3H2,(H2,16,17,20,21)/b18-5-. The normalized spacial score (nSPS) is 12.6. The van der Waals surface area contributed by atoms with Gasteiger partial charge in [-0.3, -0.25) is 9.59 Å². The highest BCUT2D eigenvalue weighted by molar-refractivity contribution is 6.13. The largest absolute Gasteiger partial charge is 0.505 e. The number of carbonyl (C=O) groups is 1. The maximum Gasteiger partial charge on any atom is 0.433 e. The maximum atomic E-state index is 12.4. The fraction of sp³-hybridized carbons (Fsp3) is 0.182. The van der Waals surface area contributed by atoms with Crippen molar-refractivity contribution in [3.05, 3.63) is 28.3 Å². The van der Waals surface area contributed by atoms with E-state index in [1.807, 2.05) is 5.16 Å². The van der Waals surface area contributed by atoms with Crippen LogP contribution in [0.1, 0.15) is 16.8 Å². The monoisotopic (exact) mass is 316 g/mol.